The average molecular weight is 356 g/mol. The molecule has 5 heteroatoms. The van der Waals surface area contributed by atoms with Crippen LogP contribution in [0.5, 0.6) is 0 Å². The zero-order chi connectivity index (χ0) is 16.9. The Morgan fingerprint density at radius 1 is 0.833 bits per heavy atom. The van der Waals surface area contributed by atoms with E-state index in [1.165, 1.54) is 17.7 Å². The number of rotatable bonds is 5. The first kappa shape index (κ1) is 16.6. The Kier molecular flexibility index (Phi) is 5.18. The lowest BCUT2D eigenvalue weighted by atomic mass is 10.0. The fourth-order valence-electron chi connectivity index (χ4n) is 2.38. The quantitative estimate of drug-likeness (QED) is 0.314. The van der Waals surface area contributed by atoms with Gasteiger partial charge in [0.1, 0.15) is 0 Å². The fraction of sp³-hybridized carbons (Fsp3) is 0.0526. The highest BCUT2D eigenvalue weighted by Crippen LogP contribution is 2.41. The third kappa shape index (κ3) is 3.96. The van der Waals surface area contributed by atoms with E-state index in [1.54, 1.807) is 23.9 Å². The van der Waals surface area contributed by atoms with Crippen molar-refractivity contribution in [2.75, 3.05) is 0 Å². The number of thioether (sulfide) groups is 1. The molecular weight excluding hydrogens is 342 g/mol. The number of nitrogens with zero attached hydrogens (tertiary/aromatic N) is 1. The Hall–Kier alpha value is -2.30. The number of nitro groups is 1. The molecule has 0 radical (unpaired) electrons. The van der Waals surface area contributed by atoms with Crippen molar-refractivity contribution in [3.05, 3.63) is 105 Å². The Bertz CT molecular complexity index is 820. The number of halogens is 1. The van der Waals surface area contributed by atoms with E-state index < -0.39 is 0 Å². The summed E-state index contributed by atoms with van der Waals surface area (Å²) in [7, 11) is 0. The van der Waals surface area contributed by atoms with Gasteiger partial charge in [-0.3, -0.25) is 10.1 Å². The largest absolute Gasteiger partial charge is 0.269 e. The zero-order valence-electron chi connectivity index (χ0n) is 12.6. The van der Waals surface area contributed by atoms with Crippen molar-refractivity contribution in [3.8, 4) is 0 Å². The minimum atomic E-state index is -0.387. The van der Waals surface area contributed by atoms with Crippen LogP contribution in [0.1, 0.15) is 16.4 Å². The molecule has 0 heterocycles. The molecule has 0 amide bonds. The molecule has 120 valence electrons. The maximum atomic E-state index is 10.8. The molecule has 1 unspecified atom stereocenters. The Balaban J connectivity index is 1.93. The predicted octanol–water partition coefficient (Wildman–Crippen LogP) is 6.13. The molecule has 24 heavy (non-hydrogen) atoms. The first-order valence-electron chi connectivity index (χ1n) is 7.35. The van der Waals surface area contributed by atoms with Crippen LogP contribution in [-0.4, -0.2) is 4.92 Å². The first-order chi connectivity index (χ1) is 11.6. The second kappa shape index (κ2) is 7.51. The van der Waals surface area contributed by atoms with Gasteiger partial charge in [0.15, 0.2) is 0 Å². The highest BCUT2D eigenvalue weighted by Gasteiger charge is 2.16. The number of nitro benzene ring substituents is 1. The summed E-state index contributed by atoms with van der Waals surface area (Å²) < 4.78 is 0. The van der Waals surface area contributed by atoms with Crippen LogP contribution in [0.25, 0.3) is 0 Å². The van der Waals surface area contributed by atoms with Gasteiger partial charge >= 0.3 is 0 Å². The molecule has 0 saturated heterocycles. The molecule has 0 spiro atoms. The molecule has 0 N–H and O–H groups in total. The van der Waals surface area contributed by atoms with E-state index in [0.29, 0.717) is 5.02 Å². The van der Waals surface area contributed by atoms with Crippen molar-refractivity contribution >= 4 is 29.1 Å². The Labute approximate surface area is 149 Å². The van der Waals surface area contributed by atoms with E-state index in [1.807, 2.05) is 42.5 Å². The summed E-state index contributed by atoms with van der Waals surface area (Å²) in [4.78, 5) is 11.4. The molecule has 3 aromatic rings. The van der Waals surface area contributed by atoms with Crippen molar-refractivity contribution < 1.29 is 4.92 Å². The van der Waals surface area contributed by atoms with Gasteiger partial charge in [-0.1, -0.05) is 54.1 Å². The average Bonchev–Trinajstić information content (AvgIpc) is 2.62. The van der Waals surface area contributed by atoms with Crippen molar-refractivity contribution in [2.45, 2.75) is 10.1 Å². The molecular formula is C19H14ClNO2S. The normalized spacial score (nSPS) is 11.9. The van der Waals surface area contributed by atoms with Gasteiger partial charge in [-0.2, -0.15) is 0 Å². The number of non-ortho nitro benzene ring substituents is 1. The van der Waals surface area contributed by atoms with Gasteiger partial charge in [0.05, 0.1) is 10.2 Å². The lowest BCUT2D eigenvalue weighted by molar-refractivity contribution is -0.384. The third-order valence-corrected chi connectivity index (χ3v) is 5.15. The zero-order valence-corrected chi connectivity index (χ0v) is 14.2. The molecule has 0 aliphatic heterocycles. The van der Waals surface area contributed by atoms with Crippen LogP contribution in [0.4, 0.5) is 5.69 Å². The van der Waals surface area contributed by atoms with E-state index >= 15 is 0 Å². The number of hydrogen-bond donors (Lipinski definition) is 0. The maximum Gasteiger partial charge on any atom is 0.269 e. The van der Waals surface area contributed by atoms with Gasteiger partial charge < -0.3 is 0 Å². The monoisotopic (exact) mass is 355 g/mol. The van der Waals surface area contributed by atoms with Crippen LogP contribution >= 0.6 is 23.4 Å². The molecule has 0 aliphatic carbocycles. The van der Waals surface area contributed by atoms with Crippen LogP contribution in [0, 0.1) is 10.1 Å². The molecule has 1 atom stereocenters. The van der Waals surface area contributed by atoms with Crippen molar-refractivity contribution in [2.24, 2.45) is 0 Å². The molecule has 0 aliphatic rings. The first-order valence-corrected chi connectivity index (χ1v) is 8.61. The van der Waals surface area contributed by atoms with Gasteiger partial charge in [-0.15, -0.1) is 11.8 Å². The van der Waals surface area contributed by atoms with Gasteiger partial charge in [0.25, 0.3) is 5.69 Å². The fourth-order valence-corrected chi connectivity index (χ4v) is 3.65. The highest BCUT2D eigenvalue weighted by molar-refractivity contribution is 7.99. The lowest BCUT2D eigenvalue weighted by Gasteiger charge is -2.18. The molecule has 0 bridgehead atoms. The minimum absolute atomic E-state index is 0.0879. The summed E-state index contributed by atoms with van der Waals surface area (Å²) in [6, 6.07) is 24.6. The summed E-state index contributed by atoms with van der Waals surface area (Å²) in [6.45, 7) is 0. The SMILES string of the molecule is O=[N+]([O-])c1ccc(SC(c2ccccc2)c2ccc(Cl)cc2)cc1. The molecule has 3 nitrogen and oxygen atoms in total. The number of benzene rings is 3. The maximum absolute atomic E-state index is 10.8. The summed E-state index contributed by atoms with van der Waals surface area (Å²) in [5.74, 6) is 0. The van der Waals surface area contributed by atoms with Crippen LogP contribution in [0.15, 0.2) is 83.8 Å². The summed E-state index contributed by atoms with van der Waals surface area (Å²) in [5, 5.41) is 11.6. The smallest absolute Gasteiger partial charge is 0.258 e. The summed E-state index contributed by atoms with van der Waals surface area (Å²) in [6.07, 6.45) is 0. The summed E-state index contributed by atoms with van der Waals surface area (Å²) in [5.41, 5.74) is 2.40. The van der Waals surface area contributed by atoms with Crippen LogP contribution < -0.4 is 0 Å². The third-order valence-electron chi connectivity index (χ3n) is 3.58. The molecule has 3 rings (SSSR count). The predicted molar refractivity (Wildman–Crippen MR) is 98.7 cm³/mol. The van der Waals surface area contributed by atoms with E-state index in [0.717, 1.165) is 10.5 Å². The minimum Gasteiger partial charge on any atom is -0.258 e. The van der Waals surface area contributed by atoms with Gasteiger partial charge in [-0.05, 0) is 35.4 Å². The van der Waals surface area contributed by atoms with Crippen LogP contribution in [0.2, 0.25) is 5.02 Å². The van der Waals surface area contributed by atoms with Crippen molar-refractivity contribution in [1.29, 1.82) is 0 Å². The lowest BCUT2D eigenvalue weighted by Crippen LogP contribution is -1.96. The van der Waals surface area contributed by atoms with Gasteiger partial charge in [0.2, 0.25) is 0 Å². The standard InChI is InChI=1S/C19H14ClNO2S/c20-16-8-6-15(7-9-16)19(14-4-2-1-3-5-14)24-18-12-10-17(11-13-18)21(22)23/h1-13,19H. The van der Waals surface area contributed by atoms with Crippen LogP contribution in [-0.2, 0) is 0 Å². The van der Waals surface area contributed by atoms with E-state index in [2.05, 4.69) is 12.1 Å². The second-order valence-corrected chi connectivity index (χ2v) is 6.83. The molecule has 0 saturated carbocycles. The Morgan fingerprint density at radius 2 is 1.42 bits per heavy atom. The van der Waals surface area contributed by atoms with Crippen LogP contribution in [0.3, 0.4) is 0 Å². The Morgan fingerprint density at radius 3 is 2.00 bits per heavy atom. The summed E-state index contributed by atoms with van der Waals surface area (Å²) >= 11 is 7.65. The van der Waals surface area contributed by atoms with E-state index in [4.69, 9.17) is 11.6 Å². The van der Waals surface area contributed by atoms with E-state index in [-0.39, 0.29) is 15.9 Å². The van der Waals surface area contributed by atoms with Crippen molar-refractivity contribution in [3.63, 3.8) is 0 Å². The number of hydrogen-bond acceptors (Lipinski definition) is 3. The topological polar surface area (TPSA) is 43.1 Å². The van der Waals surface area contributed by atoms with Gasteiger partial charge in [-0.25, -0.2) is 0 Å². The van der Waals surface area contributed by atoms with E-state index in [9.17, 15) is 10.1 Å². The highest BCUT2D eigenvalue weighted by atomic mass is 35.5. The van der Waals surface area contributed by atoms with Gasteiger partial charge in [0, 0.05) is 22.1 Å². The molecule has 0 aromatic heterocycles. The van der Waals surface area contributed by atoms with Crippen molar-refractivity contribution in [1.82, 2.24) is 0 Å². The second-order valence-electron chi connectivity index (χ2n) is 5.21. The molecule has 3 aromatic carbocycles. The molecule has 0 fully saturated rings.